The number of unbranched alkanes of at least 4 members (excludes halogenated alkanes) is 1. The fourth-order valence-corrected chi connectivity index (χ4v) is 1.81. The summed E-state index contributed by atoms with van der Waals surface area (Å²) in [5.41, 5.74) is 1.12. The molecular formula is C16H25NO2. The lowest BCUT2D eigenvalue weighted by Crippen LogP contribution is -2.14. The zero-order chi connectivity index (χ0) is 13.9. The third kappa shape index (κ3) is 5.79. The molecule has 0 aliphatic carbocycles. The molecular weight excluding hydrogens is 238 g/mol. The summed E-state index contributed by atoms with van der Waals surface area (Å²) in [6.07, 6.45) is 6.23. The number of benzene rings is 1. The zero-order valence-electron chi connectivity index (χ0n) is 12.2. The highest BCUT2D eigenvalue weighted by Crippen LogP contribution is 2.28. The molecule has 0 bridgehead atoms. The predicted molar refractivity (Wildman–Crippen MR) is 81.0 cm³/mol. The lowest BCUT2D eigenvalue weighted by molar-refractivity contribution is 0.286. The van der Waals surface area contributed by atoms with Crippen LogP contribution in [0.2, 0.25) is 0 Å². The van der Waals surface area contributed by atoms with Crippen LogP contribution in [0.25, 0.3) is 6.08 Å². The number of allylic oxidation sites excluding steroid dienone is 1. The quantitative estimate of drug-likeness (QED) is 0.692. The average molecular weight is 263 g/mol. The molecule has 0 amide bonds. The normalized spacial score (nSPS) is 10.9. The predicted octanol–water partition coefficient (Wildman–Crippen LogP) is 3.50. The highest BCUT2D eigenvalue weighted by molar-refractivity contribution is 5.55. The second kappa shape index (κ2) is 9.45. The van der Waals surface area contributed by atoms with Crippen LogP contribution in [0, 0.1) is 0 Å². The summed E-state index contributed by atoms with van der Waals surface area (Å²) in [5.74, 6) is 1.61. The average Bonchev–Trinajstić information content (AvgIpc) is 2.44. The van der Waals surface area contributed by atoms with Gasteiger partial charge in [0.15, 0.2) is 11.5 Å². The Hall–Kier alpha value is -1.48. The molecule has 0 atom stereocenters. The number of ether oxygens (including phenoxy) is 2. The van der Waals surface area contributed by atoms with E-state index in [1.54, 1.807) is 7.11 Å². The van der Waals surface area contributed by atoms with E-state index in [1.807, 2.05) is 37.3 Å². The minimum absolute atomic E-state index is 0.727. The van der Waals surface area contributed by atoms with Crippen molar-refractivity contribution in [3.8, 4) is 11.5 Å². The SMILES string of the molecule is CC=Cc1ccc(OCCCCNCC)c(OC)c1. The summed E-state index contributed by atoms with van der Waals surface area (Å²) < 4.78 is 11.1. The third-order valence-electron chi connectivity index (χ3n) is 2.80. The lowest BCUT2D eigenvalue weighted by atomic mass is 10.2. The monoisotopic (exact) mass is 263 g/mol. The fraction of sp³-hybridized carbons (Fsp3) is 0.500. The van der Waals surface area contributed by atoms with E-state index in [4.69, 9.17) is 9.47 Å². The van der Waals surface area contributed by atoms with E-state index < -0.39 is 0 Å². The molecule has 0 saturated carbocycles. The van der Waals surface area contributed by atoms with E-state index >= 15 is 0 Å². The Morgan fingerprint density at radius 2 is 2.05 bits per heavy atom. The highest BCUT2D eigenvalue weighted by atomic mass is 16.5. The van der Waals surface area contributed by atoms with Gasteiger partial charge in [0.25, 0.3) is 0 Å². The first-order valence-electron chi connectivity index (χ1n) is 6.96. The van der Waals surface area contributed by atoms with Gasteiger partial charge in [0.2, 0.25) is 0 Å². The molecule has 0 aliphatic heterocycles. The van der Waals surface area contributed by atoms with Crippen molar-refractivity contribution in [2.45, 2.75) is 26.7 Å². The van der Waals surface area contributed by atoms with Gasteiger partial charge in [-0.15, -0.1) is 0 Å². The van der Waals surface area contributed by atoms with E-state index in [0.29, 0.717) is 0 Å². The lowest BCUT2D eigenvalue weighted by Gasteiger charge is -2.11. The Labute approximate surface area is 116 Å². The molecule has 0 aliphatic rings. The van der Waals surface area contributed by atoms with Crippen LogP contribution in [-0.2, 0) is 0 Å². The molecule has 0 spiro atoms. The molecule has 0 heterocycles. The van der Waals surface area contributed by atoms with Gasteiger partial charge in [0.1, 0.15) is 0 Å². The molecule has 1 N–H and O–H groups in total. The van der Waals surface area contributed by atoms with Crippen LogP contribution < -0.4 is 14.8 Å². The van der Waals surface area contributed by atoms with Crippen LogP contribution in [0.3, 0.4) is 0 Å². The second-order valence-corrected chi connectivity index (χ2v) is 4.32. The largest absolute Gasteiger partial charge is 0.493 e. The van der Waals surface area contributed by atoms with Gasteiger partial charge in [-0.2, -0.15) is 0 Å². The smallest absolute Gasteiger partial charge is 0.161 e. The minimum Gasteiger partial charge on any atom is -0.493 e. The third-order valence-corrected chi connectivity index (χ3v) is 2.80. The van der Waals surface area contributed by atoms with Crippen molar-refractivity contribution in [2.75, 3.05) is 26.8 Å². The molecule has 0 saturated heterocycles. The fourth-order valence-electron chi connectivity index (χ4n) is 1.81. The van der Waals surface area contributed by atoms with Crippen LogP contribution in [0.15, 0.2) is 24.3 Å². The van der Waals surface area contributed by atoms with Gasteiger partial charge in [-0.05, 0) is 50.6 Å². The second-order valence-electron chi connectivity index (χ2n) is 4.32. The van der Waals surface area contributed by atoms with E-state index in [1.165, 1.54) is 0 Å². The Kier molecular flexibility index (Phi) is 7.75. The Balaban J connectivity index is 2.44. The summed E-state index contributed by atoms with van der Waals surface area (Å²) >= 11 is 0. The maximum atomic E-state index is 5.76. The maximum absolute atomic E-state index is 5.76. The summed E-state index contributed by atoms with van der Waals surface area (Å²) in [6.45, 7) is 6.93. The van der Waals surface area contributed by atoms with Crippen LogP contribution in [0.4, 0.5) is 0 Å². The van der Waals surface area contributed by atoms with Gasteiger partial charge < -0.3 is 14.8 Å². The maximum Gasteiger partial charge on any atom is 0.161 e. The molecule has 3 heteroatoms. The van der Waals surface area contributed by atoms with Crippen molar-refractivity contribution >= 4 is 6.08 Å². The van der Waals surface area contributed by atoms with Crippen molar-refractivity contribution < 1.29 is 9.47 Å². The summed E-state index contributed by atoms with van der Waals surface area (Å²) in [7, 11) is 1.67. The van der Waals surface area contributed by atoms with Crippen molar-refractivity contribution in [1.29, 1.82) is 0 Å². The van der Waals surface area contributed by atoms with Gasteiger partial charge >= 0.3 is 0 Å². The first-order chi connectivity index (χ1) is 9.31. The van der Waals surface area contributed by atoms with Crippen LogP contribution in [0.5, 0.6) is 11.5 Å². The molecule has 0 radical (unpaired) electrons. The molecule has 0 fully saturated rings. The van der Waals surface area contributed by atoms with Gasteiger partial charge in [0.05, 0.1) is 13.7 Å². The van der Waals surface area contributed by atoms with Crippen molar-refractivity contribution in [3.63, 3.8) is 0 Å². The molecule has 106 valence electrons. The molecule has 1 aromatic carbocycles. The van der Waals surface area contributed by atoms with Crippen LogP contribution >= 0.6 is 0 Å². The van der Waals surface area contributed by atoms with E-state index in [9.17, 15) is 0 Å². The van der Waals surface area contributed by atoms with Crippen LogP contribution in [0.1, 0.15) is 32.3 Å². The molecule has 1 rings (SSSR count). The van der Waals surface area contributed by atoms with Crippen molar-refractivity contribution in [3.05, 3.63) is 29.8 Å². The zero-order valence-corrected chi connectivity index (χ0v) is 12.2. The Morgan fingerprint density at radius 1 is 1.21 bits per heavy atom. The Morgan fingerprint density at radius 3 is 2.74 bits per heavy atom. The molecule has 0 unspecified atom stereocenters. The van der Waals surface area contributed by atoms with Crippen molar-refractivity contribution in [1.82, 2.24) is 5.32 Å². The summed E-state index contributed by atoms with van der Waals surface area (Å²) in [4.78, 5) is 0. The Bertz CT molecular complexity index is 388. The number of hydrogen-bond acceptors (Lipinski definition) is 3. The number of nitrogens with one attached hydrogen (secondary N) is 1. The molecule has 19 heavy (non-hydrogen) atoms. The highest BCUT2D eigenvalue weighted by Gasteiger charge is 2.04. The van der Waals surface area contributed by atoms with Crippen molar-refractivity contribution in [2.24, 2.45) is 0 Å². The van der Waals surface area contributed by atoms with Gasteiger partial charge in [-0.1, -0.05) is 25.1 Å². The van der Waals surface area contributed by atoms with E-state index in [2.05, 4.69) is 12.2 Å². The number of hydrogen-bond donors (Lipinski definition) is 1. The molecule has 0 aromatic heterocycles. The standard InChI is InChI=1S/C16H25NO2/c1-4-8-14-9-10-15(16(13-14)18-3)19-12-7-6-11-17-5-2/h4,8-10,13,17H,5-7,11-12H2,1-3H3. The first kappa shape index (κ1) is 15.6. The summed E-state index contributed by atoms with van der Waals surface area (Å²) in [6, 6.07) is 6.00. The number of methoxy groups -OCH3 is 1. The van der Waals surface area contributed by atoms with E-state index in [-0.39, 0.29) is 0 Å². The number of rotatable bonds is 9. The van der Waals surface area contributed by atoms with E-state index in [0.717, 1.165) is 49.6 Å². The topological polar surface area (TPSA) is 30.5 Å². The summed E-state index contributed by atoms with van der Waals surface area (Å²) in [5, 5.41) is 3.30. The molecule has 3 nitrogen and oxygen atoms in total. The molecule has 1 aromatic rings. The minimum atomic E-state index is 0.727. The van der Waals surface area contributed by atoms with Gasteiger partial charge in [-0.3, -0.25) is 0 Å². The van der Waals surface area contributed by atoms with Gasteiger partial charge in [0, 0.05) is 0 Å². The van der Waals surface area contributed by atoms with Crippen LogP contribution in [-0.4, -0.2) is 26.8 Å². The first-order valence-corrected chi connectivity index (χ1v) is 6.96. The van der Waals surface area contributed by atoms with Gasteiger partial charge in [-0.25, -0.2) is 0 Å².